The summed E-state index contributed by atoms with van der Waals surface area (Å²) in [6.07, 6.45) is 0. The highest BCUT2D eigenvalue weighted by atomic mass is 32.2. The summed E-state index contributed by atoms with van der Waals surface area (Å²) in [5.41, 5.74) is 3.37. The van der Waals surface area contributed by atoms with Crippen LogP contribution in [0.1, 0.15) is 11.5 Å². The molecule has 11 heteroatoms. The molecule has 0 aliphatic carbocycles. The zero-order valence-corrected chi connectivity index (χ0v) is 19.4. The van der Waals surface area contributed by atoms with Gasteiger partial charge in [0.15, 0.2) is 11.5 Å². The third-order valence-electron chi connectivity index (χ3n) is 5.23. The van der Waals surface area contributed by atoms with Crippen molar-refractivity contribution in [3.8, 4) is 34.1 Å². The maximum Gasteiger partial charge on any atom is 0.290 e. The number of thioether (sulfide) groups is 1. The second-order valence-electron chi connectivity index (χ2n) is 7.35. The van der Waals surface area contributed by atoms with Crippen LogP contribution in [0, 0.1) is 6.92 Å². The number of nitrogens with zero attached hydrogens (tertiary/aromatic N) is 5. The molecule has 0 radical (unpaired) electrons. The van der Waals surface area contributed by atoms with Gasteiger partial charge in [0.2, 0.25) is 16.9 Å². The minimum absolute atomic E-state index is 0.344. The first kappa shape index (κ1) is 21.7. The van der Waals surface area contributed by atoms with Gasteiger partial charge in [0, 0.05) is 11.1 Å². The van der Waals surface area contributed by atoms with Crippen molar-refractivity contribution in [2.24, 2.45) is 0 Å². The number of nitrogens with one attached hydrogen (secondary N) is 1. The molecule has 3 aromatic heterocycles. The normalized spacial score (nSPS) is 11.1. The summed E-state index contributed by atoms with van der Waals surface area (Å²) in [6, 6.07) is 15.0. The fraction of sp³-hybridized carbons (Fsp3) is 0.174. The van der Waals surface area contributed by atoms with Crippen molar-refractivity contribution in [2.45, 2.75) is 17.8 Å². The monoisotopic (exact) mass is 476 g/mol. The minimum Gasteiger partial charge on any atom is -0.493 e. The van der Waals surface area contributed by atoms with Crippen molar-refractivity contribution >= 4 is 17.3 Å². The van der Waals surface area contributed by atoms with Gasteiger partial charge < -0.3 is 14.0 Å². The zero-order chi connectivity index (χ0) is 23.7. The standard InChI is InChI=1S/C23H20N6O4S/c1-13-6-4-5-7-15(13)21-24-20(33-28-21)12-34-23-26-25-22(30)17-11-16(27-29(17)23)14-8-9-18(31-2)19(10-14)32-3/h4-11H,12H2,1-3H3,(H,25,30). The highest BCUT2D eigenvalue weighted by molar-refractivity contribution is 7.98. The smallest absolute Gasteiger partial charge is 0.290 e. The third-order valence-corrected chi connectivity index (χ3v) is 6.15. The Hall–Kier alpha value is -4.12. The van der Waals surface area contributed by atoms with E-state index >= 15 is 0 Å². The molecule has 0 atom stereocenters. The molecule has 34 heavy (non-hydrogen) atoms. The molecule has 0 amide bonds. The molecule has 10 nitrogen and oxygen atoms in total. The summed E-state index contributed by atoms with van der Waals surface area (Å²) in [5, 5.41) is 15.9. The van der Waals surface area contributed by atoms with Gasteiger partial charge in [-0.05, 0) is 36.8 Å². The second-order valence-corrected chi connectivity index (χ2v) is 8.29. The van der Waals surface area contributed by atoms with Crippen LogP contribution in [0.5, 0.6) is 11.5 Å². The Morgan fingerprint density at radius 2 is 1.91 bits per heavy atom. The van der Waals surface area contributed by atoms with E-state index in [1.807, 2.05) is 37.3 Å². The number of methoxy groups -OCH3 is 2. The number of benzene rings is 2. The first-order valence-electron chi connectivity index (χ1n) is 10.3. The van der Waals surface area contributed by atoms with Crippen molar-refractivity contribution in [1.29, 1.82) is 0 Å². The van der Waals surface area contributed by atoms with E-state index < -0.39 is 0 Å². The predicted octanol–water partition coefficient (Wildman–Crippen LogP) is 3.75. The lowest BCUT2D eigenvalue weighted by Gasteiger charge is -2.08. The Bertz CT molecular complexity index is 1540. The van der Waals surface area contributed by atoms with Gasteiger partial charge in [0.1, 0.15) is 5.52 Å². The molecule has 5 aromatic rings. The number of ether oxygens (including phenoxy) is 2. The average Bonchev–Trinajstić information content (AvgIpc) is 3.52. The second kappa shape index (κ2) is 9.02. The molecule has 2 aromatic carbocycles. The van der Waals surface area contributed by atoms with Gasteiger partial charge in [-0.3, -0.25) is 4.79 Å². The number of aromatic nitrogens is 6. The molecule has 0 saturated carbocycles. The van der Waals surface area contributed by atoms with Gasteiger partial charge in [0.25, 0.3) is 5.56 Å². The molecular formula is C23H20N6O4S. The van der Waals surface area contributed by atoms with Crippen LogP contribution in [-0.2, 0) is 5.75 Å². The summed E-state index contributed by atoms with van der Waals surface area (Å²) < 4.78 is 17.6. The van der Waals surface area contributed by atoms with Crippen molar-refractivity contribution in [2.75, 3.05) is 14.2 Å². The van der Waals surface area contributed by atoms with Crippen LogP contribution in [0.3, 0.4) is 0 Å². The van der Waals surface area contributed by atoms with E-state index in [1.165, 1.54) is 16.3 Å². The Morgan fingerprint density at radius 3 is 2.71 bits per heavy atom. The maximum absolute atomic E-state index is 12.4. The molecule has 0 unspecified atom stereocenters. The van der Waals surface area contributed by atoms with Gasteiger partial charge in [-0.25, -0.2) is 9.61 Å². The van der Waals surface area contributed by atoms with Crippen molar-refractivity contribution < 1.29 is 14.0 Å². The number of rotatable bonds is 7. The Balaban J connectivity index is 1.43. The molecule has 0 aliphatic rings. The van der Waals surface area contributed by atoms with E-state index in [9.17, 15) is 4.79 Å². The van der Waals surface area contributed by atoms with Gasteiger partial charge in [0.05, 0.1) is 25.7 Å². The molecule has 0 bridgehead atoms. The first-order valence-corrected chi connectivity index (χ1v) is 11.3. The van der Waals surface area contributed by atoms with Gasteiger partial charge in [-0.2, -0.15) is 10.1 Å². The molecule has 0 saturated heterocycles. The Labute approximate surface area is 197 Å². The fourth-order valence-corrected chi connectivity index (χ4v) is 4.24. The number of hydrogen-bond acceptors (Lipinski definition) is 9. The molecule has 5 rings (SSSR count). The lowest BCUT2D eigenvalue weighted by atomic mass is 10.1. The van der Waals surface area contributed by atoms with Crippen LogP contribution >= 0.6 is 11.8 Å². The highest BCUT2D eigenvalue weighted by Crippen LogP contribution is 2.32. The van der Waals surface area contributed by atoms with E-state index in [-0.39, 0.29) is 5.56 Å². The summed E-state index contributed by atoms with van der Waals surface area (Å²) in [7, 11) is 3.14. The highest BCUT2D eigenvalue weighted by Gasteiger charge is 2.16. The van der Waals surface area contributed by atoms with E-state index in [0.717, 1.165) is 16.7 Å². The molecule has 0 aliphatic heterocycles. The van der Waals surface area contributed by atoms with Crippen LogP contribution in [0.25, 0.3) is 28.2 Å². The van der Waals surface area contributed by atoms with E-state index in [4.69, 9.17) is 14.0 Å². The largest absolute Gasteiger partial charge is 0.493 e. The summed E-state index contributed by atoms with van der Waals surface area (Å²) in [4.78, 5) is 16.9. The SMILES string of the molecule is COc1ccc(-c2cc3c(=O)[nH]nc(SCc4nc(-c5ccccc5C)no4)n3n2)cc1OC. The first-order chi connectivity index (χ1) is 16.6. The Kier molecular flexibility index (Phi) is 5.76. The van der Waals surface area contributed by atoms with Crippen molar-refractivity contribution in [1.82, 2.24) is 30.0 Å². The van der Waals surface area contributed by atoms with E-state index in [0.29, 0.717) is 45.3 Å². The molecule has 0 spiro atoms. The Morgan fingerprint density at radius 1 is 1.09 bits per heavy atom. The number of aryl methyl sites for hydroxylation is 1. The van der Waals surface area contributed by atoms with Crippen LogP contribution in [-0.4, -0.2) is 44.2 Å². The van der Waals surface area contributed by atoms with Crippen LogP contribution < -0.4 is 15.0 Å². The summed E-state index contributed by atoms with van der Waals surface area (Å²) in [6.45, 7) is 1.99. The number of H-pyrrole nitrogens is 1. The van der Waals surface area contributed by atoms with Gasteiger partial charge >= 0.3 is 0 Å². The topological polar surface area (TPSA) is 120 Å². The van der Waals surface area contributed by atoms with Gasteiger partial charge in [-0.15, -0.1) is 5.10 Å². The van der Waals surface area contributed by atoms with Gasteiger partial charge in [-0.1, -0.05) is 41.2 Å². The molecular weight excluding hydrogens is 456 g/mol. The molecule has 0 fully saturated rings. The average molecular weight is 477 g/mol. The van der Waals surface area contributed by atoms with Crippen molar-refractivity contribution in [3.63, 3.8) is 0 Å². The predicted molar refractivity (Wildman–Crippen MR) is 126 cm³/mol. The lowest BCUT2D eigenvalue weighted by Crippen LogP contribution is -2.13. The maximum atomic E-state index is 12.4. The quantitative estimate of drug-likeness (QED) is 0.350. The van der Waals surface area contributed by atoms with Crippen LogP contribution in [0.15, 0.2) is 63.0 Å². The third kappa shape index (κ3) is 4.01. The number of fused-ring (bicyclic) bond motifs is 1. The molecule has 172 valence electrons. The minimum atomic E-state index is -0.344. The number of hydrogen-bond donors (Lipinski definition) is 1. The van der Waals surface area contributed by atoms with E-state index in [1.54, 1.807) is 32.4 Å². The fourth-order valence-electron chi connectivity index (χ4n) is 3.49. The van der Waals surface area contributed by atoms with E-state index in [2.05, 4.69) is 25.4 Å². The summed E-state index contributed by atoms with van der Waals surface area (Å²) >= 11 is 1.32. The molecule has 1 N–H and O–H groups in total. The lowest BCUT2D eigenvalue weighted by molar-refractivity contribution is 0.355. The summed E-state index contributed by atoms with van der Waals surface area (Å²) in [5.74, 6) is 2.51. The molecule has 3 heterocycles. The van der Waals surface area contributed by atoms with Crippen molar-refractivity contribution in [3.05, 3.63) is 70.3 Å². The zero-order valence-electron chi connectivity index (χ0n) is 18.6. The number of aromatic amines is 1. The van der Waals surface area contributed by atoms with Crippen LogP contribution in [0.4, 0.5) is 0 Å². The van der Waals surface area contributed by atoms with Crippen LogP contribution in [0.2, 0.25) is 0 Å².